The van der Waals surface area contributed by atoms with Gasteiger partial charge in [0.1, 0.15) is 0 Å². The Balaban J connectivity index is 2.83. The van der Waals surface area contributed by atoms with Gasteiger partial charge >= 0.3 is 57.2 Å². The summed E-state index contributed by atoms with van der Waals surface area (Å²) in [4.78, 5) is 0. The number of rotatable bonds is 1. The van der Waals surface area contributed by atoms with Crippen molar-refractivity contribution in [1.29, 1.82) is 0 Å². The molecule has 0 aliphatic carbocycles. The average Bonchev–Trinajstić information content (AvgIpc) is 1.90. The molecular weight excluding hydrogens is 163 g/mol. The van der Waals surface area contributed by atoms with Crippen LogP contribution in [0.3, 0.4) is 0 Å². The van der Waals surface area contributed by atoms with Gasteiger partial charge in [-0.1, -0.05) is 0 Å². The molecule has 1 radical (unpaired) electrons. The van der Waals surface area contributed by atoms with Gasteiger partial charge in [0.2, 0.25) is 0 Å². The summed E-state index contributed by atoms with van der Waals surface area (Å²) in [5, 5.41) is 1.05. The van der Waals surface area contributed by atoms with Crippen molar-refractivity contribution < 1.29 is 0 Å². The third kappa shape index (κ3) is 1.36. The summed E-state index contributed by atoms with van der Waals surface area (Å²) in [5.74, 6) is 0. The summed E-state index contributed by atoms with van der Waals surface area (Å²) in [6, 6.07) is 11.0. The van der Waals surface area contributed by atoms with Crippen LogP contribution in [0.4, 0.5) is 0 Å². The molecule has 0 fully saturated rings. The molecule has 0 atom stereocenters. The SMILES string of the molecule is [SeH]Cc1c[c]ccc1. The van der Waals surface area contributed by atoms with Gasteiger partial charge in [-0.25, -0.2) is 0 Å². The monoisotopic (exact) mass is 171 g/mol. The summed E-state index contributed by atoms with van der Waals surface area (Å²) < 4.78 is 0. The second kappa shape index (κ2) is 2.91. The van der Waals surface area contributed by atoms with Crippen LogP contribution < -0.4 is 0 Å². The first-order valence-electron chi connectivity index (χ1n) is 2.49. The van der Waals surface area contributed by atoms with E-state index in [9.17, 15) is 0 Å². The first-order valence-corrected chi connectivity index (χ1v) is 3.82. The van der Waals surface area contributed by atoms with E-state index in [0.717, 1.165) is 5.32 Å². The van der Waals surface area contributed by atoms with Crippen molar-refractivity contribution >= 4 is 16.0 Å². The maximum atomic E-state index is 3.00. The van der Waals surface area contributed by atoms with Gasteiger partial charge in [-0.2, -0.15) is 0 Å². The molecule has 1 rings (SSSR count). The Bertz CT molecular complexity index is 146. The van der Waals surface area contributed by atoms with Crippen LogP contribution in [0.15, 0.2) is 24.3 Å². The third-order valence-corrected chi connectivity index (χ3v) is 1.72. The van der Waals surface area contributed by atoms with Crippen molar-refractivity contribution in [2.45, 2.75) is 5.32 Å². The summed E-state index contributed by atoms with van der Waals surface area (Å²) in [6.45, 7) is 0. The Kier molecular flexibility index (Phi) is 2.13. The molecule has 0 bridgehead atoms. The van der Waals surface area contributed by atoms with Crippen LogP contribution in [-0.4, -0.2) is 16.0 Å². The Hall–Kier alpha value is -0.261. The Morgan fingerprint density at radius 2 is 2.50 bits per heavy atom. The van der Waals surface area contributed by atoms with Crippen molar-refractivity contribution in [1.82, 2.24) is 0 Å². The van der Waals surface area contributed by atoms with E-state index in [4.69, 9.17) is 0 Å². The number of hydrogen-bond acceptors (Lipinski definition) is 0. The van der Waals surface area contributed by atoms with Gasteiger partial charge in [0, 0.05) is 0 Å². The molecule has 8 heavy (non-hydrogen) atoms. The minimum atomic E-state index is 1.05. The first-order chi connectivity index (χ1) is 3.93. The maximum absolute atomic E-state index is 3.00. The van der Waals surface area contributed by atoms with Crippen LogP contribution in [-0.2, 0) is 5.32 Å². The van der Waals surface area contributed by atoms with Crippen molar-refractivity contribution in [3.63, 3.8) is 0 Å². The zero-order chi connectivity index (χ0) is 5.82. The molecule has 0 unspecified atom stereocenters. The van der Waals surface area contributed by atoms with E-state index in [-0.39, 0.29) is 0 Å². The van der Waals surface area contributed by atoms with Crippen LogP contribution in [0.5, 0.6) is 0 Å². The van der Waals surface area contributed by atoms with Gasteiger partial charge in [0.25, 0.3) is 0 Å². The second-order valence-electron chi connectivity index (χ2n) is 1.57. The van der Waals surface area contributed by atoms with Crippen LogP contribution in [0.1, 0.15) is 5.56 Å². The molecule has 0 aromatic heterocycles. The van der Waals surface area contributed by atoms with Crippen molar-refractivity contribution in [3.05, 3.63) is 35.9 Å². The summed E-state index contributed by atoms with van der Waals surface area (Å²) in [5.41, 5.74) is 1.33. The van der Waals surface area contributed by atoms with Gasteiger partial charge in [0.05, 0.1) is 0 Å². The predicted octanol–water partition coefficient (Wildman–Crippen LogP) is 0.888. The molecule has 1 aromatic carbocycles. The molecule has 0 saturated carbocycles. The van der Waals surface area contributed by atoms with Gasteiger partial charge in [-0.3, -0.25) is 0 Å². The van der Waals surface area contributed by atoms with E-state index in [1.54, 1.807) is 0 Å². The van der Waals surface area contributed by atoms with Gasteiger partial charge in [-0.15, -0.1) is 0 Å². The molecule has 0 saturated heterocycles. The Morgan fingerprint density at radius 3 is 2.88 bits per heavy atom. The van der Waals surface area contributed by atoms with E-state index < -0.39 is 0 Å². The average molecular weight is 170 g/mol. The normalized spacial score (nSPS) is 9.12. The fourth-order valence-corrected chi connectivity index (χ4v) is 0.942. The van der Waals surface area contributed by atoms with Crippen LogP contribution in [0.2, 0.25) is 0 Å². The van der Waals surface area contributed by atoms with E-state index in [0.29, 0.717) is 0 Å². The topological polar surface area (TPSA) is 0 Å². The predicted molar refractivity (Wildman–Crippen MR) is 36.1 cm³/mol. The molecule has 41 valence electrons. The van der Waals surface area contributed by atoms with E-state index in [1.165, 1.54) is 5.56 Å². The molecular formula is C7H7Se. The molecule has 0 aliphatic rings. The summed E-state index contributed by atoms with van der Waals surface area (Å²) >= 11 is 2.54. The molecule has 0 N–H and O–H groups in total. The number of benzene rings is 1. The van der Waals surface area contributed by atoms with Crippen LogP contribution in [0.25, 0.3) is 0 Å². The molecule has 0 spiro atoms. The zero-order valence-corrected chi connectivity index (χ0v) is 6.34. The fourth-order valence-electron chi connectivity index (χ4n) is 0.529. The quantitative estimate of drug-likeness (QED) is 0.549. The molecule has 1 aromatic rings. The second-order valence-corrected chi connectivity index (χ2v) is 2.23. The van der Waals surface area contributed by atoms with Gasteiger partial charge < -0.3 is 0 Å². The third-order valence-electron chi connectivity index (χ3n) is 0.954. The zero-order valence-electron chi connectivity index (χ0n) is 4.46. The van der Waals surface area contributed by atoms with Crippen molar-refractivity contribution in [2.24, 2.45) is 0 Å². The fraction of sp³-hybridized carbons (Fsp3) is 0.143. The molecule has 0 nitrogen and oxygen atoms in total. The van der Waals surface area contributed by atoms with Gasteiger partial charge in [0.15, 0.2) is 0 Å². The molecule has 0 heterocycles. The Labute approximate surface area is 57.7 Å². The first kappa shape index (κ1) is 5.87. The van der Waals surface area contributed by atoms with Crippen LogP contribution in [0, 0.1) is 6.07 Å². The van der Waals surface area contributed by atoms with Gasteiger partial charge in [-0.05, 0) is 0 Å². The van der Waals surface area contributed by atoms with E-state index >= 15 is 0 Å². The van der Waals surface area contributed by atoms with Crippen molar-refractivity contribution in [2.75, 3.05) is 0 Å². The summed E-state index contributed by atoms with van der Waals surface area (Å²) in [6.07, 6.45) is 0. The number of hydrogen-bond donors (Lipinski definition) is 0. The molecule has 0 aliphatic heterocycles. The molecule has 0 amide bonds. The summed E-state index contributed by atoms with van der Waals surface area (Å²) in [7, 11) is 0. The van der Waals surface area contributed by atoms with Crippen molar-refractivity contribution in [3.8, 4) is 0 Å². The molecule has 1 heteroatoms. The van der Waals surface area contributed by atoms with E-state index in [2.05, 4.69) is 28.1 Å². The minimum absolute atomic E-state index is 1.05. The van der Waals surface area contributed by atoms with Crippen LogP contribution >= 0.6 is 0 Å². The van der Waals surface area contributed by atoms with E-state index in [1.807, 2.05) is 18.2 Å². The standard InChI is InChI=1S/C7H7Se/c8-6-7-4-2-1-3-5-7/h1-2,4-5,8H,6H2. The Morgan fingerprint density at radius 1 is 1.62 bits per heavy atom.